The number of nitriles is 2. The van der Waals surface area contributed by atoms with Crippen LogP contribution in [-0.4, -0.2) is 10.8 Å². The molecular weight excluding hydrogens is 467 g/mol. The number of halogens is 2. The summed E-state index contributed by atoms with van der Waals surface area (Å²) >= 11 is 12.1. The Kier molecular flexibility index (Phi) is 7.27. The first kappa shape index (κ1) is 23.3. The van der Waals surface area contributed by atoms with E-state index in [2.05, 4.69) is 5.32 Å². The monoisotopic (exact) mass is 478 g/mol. The fourth-order valence-electron chi connectivity index (χ4n) is 2.72. The Bertz CT molecular complexity index is 1350. The fourth-order valence-corrected chi connectivity index (χ4v) is 3.21. The number of nitro benzene ring substituents is 1. The minimum absolute atomic E-state index is 0.0149. The van der Waals surface area contributed by atoms with Crippen molar-refractivity contribution in [1.29, 1.82) is 10.5 Å². The molecule has 1 amide bonds. The van der Waals surface area contributed by atoms with E-state index in [9.17, 15) is 25.4 Å². The Morgan fingerprint density at radius 3 is 2.39 bits per heavy atom. The molecule has 0 spiro atoms. The molecule has 33 heavy (non-hydrogen) atoms. The molecule has 3 rings (SSSR count). The topological polar surface area (TPSA) is 129 Å². The number of nitro groups is 1. The summed E-state index contributed by atoms with van der Waals surface area (Å²) in [6, 6.07) is 18.4. The molecule has 10 heteroatoms. The molecule has 1 N–H and O–H groups in total. The number of hydrogen-bond acceptors (Lipinski definition) is 6. The first-order valence-electron chi connectivity index (χ1n) is 9.16. The third-order valence-electron chi connectivity index (χ3n) is 4.26. The van der Waals surface area contributed by atoms with Crippen LogP contribution in [0, 0.1) is 32.8 Å². The number of non-ortho nitro benzene ring substituents is 1. The van der Waals surface area contributed by atoms with Gasteiger partial charge in [0, 0.05) is 12.1 Å². The van der Waals surface area contributed by atoms with Gasteiger partial charge in [-0.15, -0.1) is 0 Å². The van der Waals surface area contributed by atoms with Gasteiger partial charge < -0.3 is 10.1 Å². The van der Waals surface area contributed by atoms with Crippen molar-refractivity contribution in [3.63, 3.8) is 0 Å². The summed E-state index contributed by atoms with van der Waals surface area (Å²) in [5.41, 5.74) is 0.185. The number of anilines is 1. The van der Waals surface area contributed by atoms with Gasteiger partial charge in [-0.25, -0.2) is 0 Å². The molecule has 0 unspecified atom stereocenters. The molecule has 0 saturated heterocycles. The average molecular weight is 479 g/mol. The van der Waals surface area contributed by atoms with Crippen LogP contribution in [0.5, 0.6) is 11.5 Å². The Labute approximate surface area is 198 Å². The van der Waals surface area contributed by atoms with E-state index in [4.69, 9.17) is 27.9 Å². The lowest BCUT2D eigenvalue weighted by Crippen LogP contribution is -2.14. The van der Waals surface area contributed by atoms with Gasteiger partial charge in [0.15, 0.2) is 0 Å². The second kappa shape index (κ2) is 10.3. The number of hydrogen-bond donors (Lipinski definition) is 1. The minimum Gasteiger partial charge on any atom is -0.456 e. The zero-order valence-corrected chi connectivity index (χ0v) is 18.1. The van der Waals surface area contributed by atoms with Crippen LogP contribution in [0.15, 0.2) is 66.2 Å². The molecule has 3 aromatic carbocycles. The second-order valence-corrected chi connectivity index (χ2v) is 7.26. The van der Waals surface area contributed by atoms with Crippen LogP contribution in [0.1, 0.15) is 11.1 Å². The van der Waals surface area contributed by atoms with E-state index >= 15 is 0 Å². The lowest BCUT2D eigenvalue weighted by molar-refractivity contribution is -0.384. The molecule has 0 fully saturated rings. The number of rotatable bonds is 6. The Balaban J connectivity index is 1.85. The zero-order valence-electron chi connectivity index (χ0n) is 16.6. The van der Waals surface area contributed by atoms with Crippen LogP contribution < -0.4 is 10.1 Å². The lowest BCUT2D eigenvalue weighted by Gasteiger charge is -2.09. The van der Waals surface area contributed by atoms with E-state index in [0.717, 1.165) is 6.07 Å². The van der Waals surface area contributed by atoms with Crippen molar-refractivity contribution in [1.82, 2.24) is 0 Å². The highest BCUT2D eigenvalue weighted by atomic mass is 35.5. The van der Waals surface area contributed by atoms with Crippen molar-refractivity contribution in [2.45, 2.75) is 0 Å². The number of carbonyl (C=O) groups excluding carboxylic acids is 1. The van der Waals surface area contributed by atoms with Gasteiger partial charge in [0.05, 0.1) is 20.7 Å². The Morgan fingerprint density at radius 1 is 1.06 bits per heavy atom. The number of amides is 1. The molecule has 3 aromatic rings. The number of nitrogens with zero attached hydrogens (tertiary/aromatic N) is 3. The van der Waals surface area contributed by atoms with Gasteiger partial charge in [-0.3, -0.25) is 14.9 Å². The van der Waals surface area contributed by atoms with E-state index < -0.39 is 10.8 Å². The molecule has 0 atom stereocenters. The van der Waals surface area contributed by atoms with E-state index in [1.807, 2.05) is 12.1 Å². The summed E-state index contributed by atoms with van der Waals surface area (Å²) in [7, 11) is 0. The van der Waals surface area contributed by atoms with Crippen molar-refractivity contribution in [3.05, 3.63) is 97.5 Å². The summed E-state index contributed by atoms with van der Waals surface area (Å²) in [6.07, 6.45) is 1.34. The largest absolute Gasteiger partial charge is 0.456 e. The van der Waals surface area contributed by atoms with Gasteiger partial charge in [-0.05, 0) is 42.0 Å². The molecule has 0 saturated carbocycles. The van der Waals surface area contributed by atoms with Crippen LogP contribution in [0.25, 0.3) is 6.08 Å². The third kappa shape index (κ3) is 5.66. The molecule has 162 valence electrons. The maximum Gasteiger partial charge on any atom is 0.271 e. The van der Waals surface area contributed by atoms with E-state index in [1.54, 1.807) is 36.4 Å². The number of benzene rings is 3. The molecule has 0 heterocycles. The van der Waals surface area contributed by atoms with Crippen molar-refractivity contribution < 1.29 is 14.5 Å². The number of ether oxygens (including phenoxy) is 1. The highest BCUT2D eigenvalue weighted by Gasteiger charge is 2.15. The number of nitrogens with one attached hydrogen (secondary N) is 1. The van der Waals surface area contributed by atoms with Crippen molar-refractivity contribution >= 4 is 46.6 Å². The van der Waals surface area contributed by atoms with Crippen molar-refractivity contribution in [2.75, 3.05) is 5.32 Å². The van der Waals surface area contributed by atoms with Gasteiger partial charge in [0.25, 0.3) is 11.6 Å². The first-order valence-corrected chi connectivity index (χ1v) is 9.91. The third-order valence-corrected chi connectivity index (χ3v) is 4.89. The van der Waals surface area contributed by atoms with Crippen LogP contribution in [0.4, 0.5) is 11.4 Å². The average Bonchev–Trinajstić information content (AvgIpc) is 2.80. The molecule has 0 aromatic heterocycles. The maximum atomic E-state index is 12.6. The highest BCUT2D eigenvalue weighted by molar-refractivity contribution is 6.40. The summed E-state index contributed by atoms with van der Waals surface area (Å²) in [4.78, 5) is 22.8. The lowest BCUT2D eigenvalue weighted by atomic mass is 10.1. The maximum absolute atomic E-state index is 12.6. The predicted octanol–water partition coefficient (Wildman–Crippen LogP) is 6.11. The molecule has 0 bridgehead atoms. The second-order valence-electron chi connectivity index (χ2n) is 6.44. The summed E-state index contributed by atoms with van der Waals surface area (Å²) in [6.45, 7) is 0. The SMILES string of the molecule is N#C/C(=C\c1cccc(Oc2ccc([N+](=O)[O-])cc2C#N)c1)C(=O)Nc1c(Cl)cccc1Cl. The van der Waals surface area contributed by atoms with Gasteiger partial charge >= 0.3 is 0 Å². The van der Waals surface area contributed by atoms with Crippen LogP contribution in [0.2, 0.25) is 10.0 Å². The van der Waals surface area contributed by atoms with Crippen molar-refractivity contribution in [3.8, 4) is 23.6 Å². The van der Waals surface area contributed by atoms with Crippen LogP contribution in [0.3, 0.4) is 0 Å². The molecule has 8 nitrogen and oxygen atoms in total. The summed E-state index contributed by atoms with van der Waals surface area (Å²) < 4.78 is 5.69. The summed E-state index contributed by atoms with van der Waals surface area (Å²) in [5, 5.41) is 32.6. The molecule has 0 aliphatic rings. The number of para-hydroxylation sites is 1. The van der Waals surface area contributed by atoms with Gasteiger partial charge in [-0.2, -0.15) is 10.5 Å². The number of carbonyl (C=O) groups is 1. The minimum atomic E-state index is -0.707. The van der Waals surface area contributed by atoms with E-state index in [0.29, 0.717) is 11.3 Å². The summed E-state index contributed by atoms with van der Waals surface area (Å²) in [5.74, 6) is -0.294. The smallest absolute Gasteiger partial charge is 0.271 e. The van der Waals surface area contributed by atoms with E-state index in [1.165, 1.54) is 24.3 Å². The molecule has 0 radical (unpaired) electrons. The fraction of sp³-hybridized carbons (Fsp3) is 0. The highest BCUT2D eigenvalue weighted by Crippen LogP contribution is 2.31. The van der Waals surface area contributed by atoms with Gasteiger partial charge in [0.1, 0.15) is 34.8 Å². The Morgan fingerprint density at radius 2 is 1.76 bits per heavy atom. The van der Waals surface area contributed by atoms with Gasteiger partial charge in [0.2, 0.25) is 0 Å². The van der Waals surface area contributed by atoms with Crippen molar-refractivity contribution in [2.24, 2.45) is 0 Å². The standard InChI is InChI=1S/C23H12Cl2N4O4/c24-19-5-2-6-20(25)22(19)28-23(30)16(13-27)9-14-3-1-4-18(10-14)33-21-8-7-17(29(31)32)11-15(21)12-26/h1-11H,(H,28,30)/b16-9+. The predicted molar refractivity (Wildman–Crippen MR) is 123 cm³/mol. The molecule has 0 aliphatic carbocycles. The van der Waals surface area contributed by atoms with Crippen LogP contribution >= 0.6 is 23.2 Å². The Hall–Kier alpha value is -4.37. The zero-order chi connectivity index (χ0) is 24.0. The quantitative estimate of drug-likeness (QED) is 0.197. The molecule has 0 aliphatic heterocycles. The van der Waals surface area contributed by atoms with Crippen LogP contribution in [-0.2, 0) is 4.79 Å². The van der Waals surface area contributed by atoms with E-state index in [-0.39, 0.29) is 38.3 Å². The normalized spacial score (nSPS) is 10.6. The molecular formula is C23H12Cl2N4O4. The van der Waals surface area contributed by atoms with Gasteiger partial charge in [-0.1, -0.05) is 41.4 Å². The first-order chi connectivity index (χ1) is 15.8.